The largest absolute Gasteiger partial charge is 0.326 e. The third kappa shape index (κ3) is 3.70. The molecule has 2 aromatic carbocycles. The Labute approximate surface area is 138 Å². The van der Waals surface area contributed by atoms with E-state index in [0.717, 1.165) is 10.9 Å². The quantitative estimate of drug-likeness (QED) is 0.594. The number of hydrogen-bond acceptors (Lipinski definition) is 3. The molecular weight excluding hydrogens is 306 g/mol. The summed E-state index contributed by atoms with van der Waals surface area (Å²) in [6, 6.07) is 13.3. The molecule has 0 fully saturated rings. The van der Waals surface area contributed by atoms with E-state index in [-0.39, 0.29) is 5.91 Å². The first-order valence-electron chi connectivity index (χ1n) is 7.48. The molecule has 1 aromatic heterocycles. The minimum atomic E-state index is -0.686. The fourth-order valence-electron chi connectivity index (χ4n) is 2.22. The van der Waals surface area contributed by atoms with Gasteiger partial charge in [0, 0.05) is 16.8 Å². The first-order valence-corrected chi connectivity index (χ1v) is 7.48. The zero-order valence-electron chi connectivity index (χ0n) is 13.0. The van der Waals surface area contributed by atoms with E-state index >= 15 is 0 Å². The molecule has 3 rings (SSSR count). The van der Waals surface area contributed by atoms with Crippen LogP contribution in [-0.4, -0.2) is 28.2 Å². The number of fused-ring (bicyclic) bond motifs is 1. The van der Waals surface area contributed by atoms with Crippen molar-refractivity contribution < 1.29 is 9.59 Å². The maximum atomic E-state index is 12.2. The van der Waals surface area contributed by atoms with Crippen molar-refractivity contribution in [3.63, 3.8) is 0 Å². The predicted molar refractivity (Wildman–Crippen MR) is 92.8 cm³/mol. The number of urea groups is 1. The van der Waals surface area contributed by atoms with Crippen LogP contribution in [-0.2, 0) is 4.79 Å². The highest BCUT2D eigenvalue weighted by Gasteiger charge is 2.16. The topological polar surface area (TPSA) is 98.9 Å². The Balaban J connectivity index is 1.56. The van der Waals surface area contributed by atoms with Gasteiger partial charge in [-0.2, -0.15) is 5.10 Å². The van der Waals surface area contributed by atoms with E-state index < -0.39 is 12.1 Å². The summed E-state index contributed by atoms with van der Waals surface area (Å²) < 4.78 is 0. The highest BCUT2D eigenvalue weighted by molar-refractivity contribution is 5.99. The van der Waals surface area contributed by atoms with Gasteiger partial charge in [0.25, 0.3) is 0 Å². The second-order valence-corrected chi connectivity index (χ2v) is 5.35. The number of aromatic nitrogens is 2. The molecule has 0 aliphatic heterocycles. The van der Waals surface area contributed by atoms with Gasteiger partial charge in [0.15, 0.2) is 0 Å². The first-order chi connectivity index (χ1) is 11.6. The van der Waals surface area contributed by atoms with Crippen LogP contribution in [0.5, 0.6) is 0 Å². The van der Waals surface area contributed by atoms with Crippen LogP contribution in [0.2, 0.25) is 0 Å². The molecule has 7 nitrogen and oxygen atoms in total. The van der Waals surface area contributed by atoms with Gasteiger partial charge in [0.05, 0.1) is 11.7 Å². The molecular formula is C17H17N5O2. The predicted octanol–water partition coefficient (Wildman–Crippen LogP) is 2.71. The van der Waals surface area contributed by atoms with Crippen molar-refractivity contribution in [2.45, 2.75) is 13.0 Å². The lowest BCUT2D eigenvalue weighted by Gasteiger charge is -2.15. The molecule has 0 aliphatic carbocycles. The third-order valence-electron chi connectivity index (χ3n) is 3.48. The van der Waals surface area contributed by atoms with Crippen LogP contribution in [0.4, 0.5) is 16.2 Å². The normalized spacial score (nSPS) is 11.7. The summed E-state index contributed by atoms with van der Waals surface area (Å²) in [6.45, 7) is 1.62. The highest BCUT2D eigenvalue weighted by Crippen LogP contribution is 2.16. The Kier molecular flexibility index (Phi) is 4.42. The van der Waals surface area contributed by atoms with E-state index in [1.54, 1.807) is 31.3 Å². The molecule has 122 valence electrons. The Morgan fingerprint density at radius 3 is 2.62 bits per heavy atom. The van der Waals surface area contributed by atoms with Crippen LogP contribution < -0.4 is 16.0 Å². The summed E-state index contributed by atoms with van der Waals surface area (Å²) in [5.41, 5.74) is 2.19. The summed E-state index contributed by atoms with van der Waals surface area (Å²) in [4.78, 5) is 24.1. The molecule has 0 radical (unpaired) electrons. The van der Waals surface area contributed by atoms with Crippen LogP contribution in [0.25, 0.3) is 10.9 Å². The summed E-state index contributed by atoms with van der Waals surface area (Å²) in [6.07, 6.45) is 1.68. The number of para-hydroxylation sites is 1. The average Bonchev–Trinajstić information content (AvgIpc) is 3.03. The maximum Gasteiger partial charge on any atom is 0.319 e. The van der Waals surface area contributed by atoms with Crippen LogP contribution in [0.15, 0.2) is 54.7 Å². The van der Waals surface area contributed by atoms with Gasteiger partial charge in [-0.25, -0.2) is 4.79 Å². The van der Waals surface area contributed by atoms with Crippen molar-refractivity contribution in [2.24, 2.45) is 0 Å². The number of nitrogens with one attached hydrogen (secondary N) is 4. The molecule has 4 N–H and O–H groups in total. The maximum absolute atomic E-state index is 12.2. The van der Waals surface area contributed by atoms with Crippen LogP contribution in [0.1, 0.15) is 6.92 Å². The minimum Gasteiger partial charge on any atom is -0.326 e. The van der Waals surface area contributed by atoms with Gasteiger partial charge in [0.2, 0.25) is 5.91 Å². The molecule has 0 unspecified atom stereocenters. The molecule has 3 amide bonds. The molecule has 0 saturated heterocycles. The fourth-order valence-corrected chi connectivity index (χ4v) is 2.22. The molecule has 7 heteroatoms. The Morgan fingerprint density at radius 1 is 1.04 bits per heavy atom. The van der Waals surface area contributed by atoms with Crippen molar-refractivity contribution in [1.29, 1.82) is 0 Å². The van der Waals surface area contributed by atoms with Gasteiger partial charge >= 0.3 is 6.03 Å². The molecule has 0 aliphatic rings. The Bertz CT molecular complexity index is 860. The van der Waals surface area contributed by atoms with E-state index in [1.807, 2.05) is 30.3 Å². The van der Waals surface area contributed by atoms with Gasteiger partial charge in [-0.1, -0.05) is 18.2 Å². The second kappa shape index (κ2) is 6.82. The number of rotatable bonds is 4. The number of carbonyl (C=O) groups is 2. The summed E-state index contributed by atoms with van der Waals surface area (Å²) in [5.74, 6) is -0.305. The van der Waals surface area contributed by atoms with E-state index in [1.165, 1.54) is 0 Å². The lowest BCUT2D eigenvalue weighted by molar-refractivity contribution is -0.117. The van der Waals surface area contributed by atoms with Gasteiger partial charge in [-0.15, -0.1) is 0 Å². The van der Waals surface area contributed by atoms with E-state index in [9.17, 15) is 9.59 Å². The van der Waals surface area contributed by atoms with Crippen molar-refractivity contribution >= 4 is 34.2 Å². The smallest absolute Gasteiger partial charge is 0.319 e. The Morgan fingerprint density at radius 2 is 1.83 bits per heavy atom. The number of H-pyrrole nitrogens is 1. The number of nitrogens with zero attached hydrogens (tertiary/aromatic N) is 1. The van der Waals surface area contributed by atoms with Gasteiger partial charge in [-0.05, 0) is 37.3 Å². The number of aromatic amines is 1. The van der Waals surface area contributed by atoms with Gasteiger partial charge in [0.1, 0.15) is 6.04 Å². The van der Waals surface area contributed by atoms with E-state index in [4.69, 9.17) is 0 Å². The molecule has 1 heterocycles. The monoisotopic (exact) mass is 323 g/mol. The van der Waals surface area contributed by atoms with Crippen LogP contribution >= 0.6 is 0 Å². The fraction of sp³-hybridized carbons (Fsp3) is 0.118. The van der Waals surface area contributed by atoms with Crippen molar-refractivity contribution in [3.05, 3.63) is 54.7 Å². The van der Waals surface area contributed by atoms with E-state index in [2.05, 4.69) is 26.1 Å². The summed E-state index contributed by atoms with van der Waals surface area (Å²) >= 11 is 0. The summed E-state index contributed by atoms with van der Waals surface area (Å²) in [5, 5.41) is 15.7. The number of hydrogen-bond donors (Lipinski definition) is 4. The number of carbonyl (C=O) groups excluding carboxylic acids is 2. The average molecular weight is 323 g/mol. The SMILES string of the molecule is C[C@@H](NC(=O)Nc1ccccc1)C(=O)Nc1ccc2[nH]ncc2c1. The molecule has 1 atom stereocenters. The van der Waals surface area contributed by atoms with Crippen molar-refractivity contribution in [2.75, 3.05) is 10.6 Å². The number of amides is 3. The zero-order chi connectivity index (χ0) is 16.9. The van der Waals surface area contributed by atoms with Crippen LogP contribution in [0.3, 0.4) is 0 Å². The highest BCUT2D eigenvalue weighted by atomic mass is 16.2. The Hall–Kier alpha value is -3.35. The molecule has 3 aromatic rings. The molecule has 0 saturated carbocycles. The lowest BCUT2D eigenvalue weighted by atomic mass is 10.2. The summed E-state index contributed by atoms with van der Waals surface area (Å²) in [7, 11) is 0. The zero-order valence-corrected chi connectivity index (χ0v) is 13.0. The van der Waals surface area contributed by atoms with Gasteiger partial charge in [-0.3, -0.25) is 9.89 Å². The second-order valence-electron chi connectivity index (χ2n) is 5.35. The molecule has 0 bridgehead atoms. The van der Waals surface area contributed by atoms with Gasteiger partial charge < -0.3 is 16.0 Å². The van der Waals surface area contributed by atoms with E-state index in [0.29, 0.717) is 11.4 Å². The molecule has 24 heavy (non-hydrogen) atoms. The first kappa shape index (κ1) is 15.5. The standard InChI is InChI=1S/C17H17N5O2/c1-11(19-17(24)21-13-5-3-2-4-6-13)16(23)20-14-7-8-15-12(9-14)10-18-22-15/h2-11H,1H3,(H,18,22)(H,20,23)(H2,19,21,24)/t11-/m1/s1. The lowest BCUT2D eigenvalue weighted by Crippen LogP contribution is -2.43. The minimum absolute atomic E-state index is 0.305. The number of benzene rings is 2. The number of anilines is 2. The molecule has 0 spiro atoms. The van der Waals surface area contributed by atoms with Crippen molar-refractivity contribution in [3.8, 4) is 0 Å². The third-order valence-corrected chi connectivity index (χ3v) is 3.48. The van der Waals surface area contributed by atoms with Crippen LogP contribution in [0, 0.1) is 0 Å². The van der Waals surface area contributed by atoms with Crippen molar-refractivity contribution in [1.82, 2.24) is 15.5 Å².